The summed E-state index contributed by atoms with van der Waals surface area (Å²) in [6.45, 7) is 3.71. The lowest BCUT2D eigenvalue weighted by Gasteiger charge is -2.52. The van der Waals surface area contributed by atoms with Gasteiger partial charge in [0.2, 0.25) is 0 Å². The summed E-state index contributed by atoms with van der Waals surface area (Å²) < 4.78 is 23.6. The van der Waals surface area contributed by atoms with Crippen molar-refractivity contribution in [3.63, 3.8) is 0 Å². The van der Waals surface area contributed by atoms with E-state index in [0.717, 1.165) is 25.2 Å². The van der Waals surface area contributed by atoms with E-state index in [1.165, 1.54) is 45.3 Å². The van der Waals surface area contributed by atoms with Gasteiger partial charge in [0, 0.05) is 31.1 Å². The Hall–Kier alpha value is -0.130. The molecule has 1 aliphatic carbocycles. The Balaban J connectivity index is 1.27. The van der Waals surface area contributed by atoms with E-state index in [4.69, 9.17) is 0 Å². The van der Waals surface area contributed by atoms with E-state index in [1.807, 2.05) is 0 Å². The van der Waals surface area contributed by atoms with Crippen molar-refractivity contribution in [3.8, 4) is 0 Å². The van der Waals surface area contributed by atoms with Gasteiger partial charge in [0.25, 0.3) is 0 Å². The minimum Gasteiger partial charge on any atom is -0.313 e. The summed E-state index contributed by atoms with van der Waals surface area (Å²) in [7, 11) is -0.518. The third-order valence-electron chi connectivity index (χ3n) is 6.89. The van der Waals surface area contributed by atoms with Crippen LogP contribution in [0.25, 0.3) is 0 Å². The van der Waals surface area contributed by atoms with Crippen molar-refractivity contribution in [1.29, 1.82) is 0 Å². The van der Waals surface area contributed by atoms with Gasteiger partial charge in [-0.15, -0.1) is 0 Å². The minimum absolute atomic E-state index is 0.163. The zero-order valence-corrected chi connectivity index (χ0v) is 14.6. The monoisotopic (exact) mass is 326 g/mol. The highest BCUT2D eigenvalue weighted by Gasteiger charge is 2.48. The molecule has 4 rings (SSSR count). The molecule has 0 aromatic rings. The first-order valence-electron chi connectivity index (χ1n) is 9.00. The highest BCUT2D eigenvalue weighted by molar-refractivity contribution is 7.91. The molecule has 4 fully saturated rings. The second-order valence-electron chi connectivity index (χ2n) is 8.98. The highest BCUT2D eigenvalue weighted by atomic mass is 32.2. The summed E-state index contributed by atoms with van der Waals surface area (Å²) in [5.74, 6) is 1.67. The standard InChI is InChI=1S/C17H30N2O2S/c1-19-11-17(12-19)5-3-15(18-10-17)8-14-2-4-16(9-14)6-7-22(20,21)13-16/h14-15,18H,2-13H2,1H3. The van der Waals surface area contributed by atoms with Gasteiger partial charge in [-0.2, -0.15) is 0 Å². The van der Waals surface area contributed by atoms with E-state index in [0.29, 0.717) is 23.0 Å². The topological polar surface area (TPSA) is 49.4 Å². The van der Waals surface area contributed by atoms with Crippen LogP contribution in [0, 0.1) is 16.7 Å². The Morgan fingerprint density at radius 3 is 2.50 bits per heavy atom. The Labute approximate surface area is 134 Å². The number of rotatable bonds is 2. The number of nitrogens with zero attached hydrogens (tertiary/aromatic N) is 1. The molecular weight excluding hydrogens is 296 g/mol. The van der Waals surface area contributed by atoms with E-state index >= 15 is 0 Å². The quantitative estimate of drug-likeness (QED) is 0.838. The van der Waals surface area contributed by atoms with Crippen molar-refractivity contribution in [2.75, 3.05) is 38.2 Å². The lowest BCUT2D eigenvalue weighted by atomic mass is 9.72. The molecule has 3 unspecified atom stereocenters. The second-order valence-corrected chi connectivity index (χ2v) is 11.2. The molecule has 22 heavy (non-hydrogen) atoms. The second kappa shape index (κ2) is 5.18. The van der Waals surface area contributed by atoms with Gasteiger partial charge in [-0.3, -0.25) is 0 Å². The number of likely N-dealkylation sites (tertiary alicyclic amines) is 1. The van der Waals surface area contributed by atoms with E-state index in [9.17, 15) is 8.42 Å². The van der Waals surface area contributed by atoms with Crippen molar-refractivity contribution in [2.45, 2.75) is 51.0 Å². The maximum Gasteiger partial charge on any atom is 0.150 e. The van der Waals surface area contributed by atoms with Gasteiger partial charge in [0.1, 0.15) is 0 Å². The Morgan fingerprint density at radius 1 is 1.14 bits per heavy atom. The van der Waals surface area contributed by atoms with Crippen LogP contribution in [0.15, 0.2) is 0 Å². The maximum absolute atomic E-state index is 11.8. The van der Waals surface area contributed by atoms with Gasteiger partial charge in [-0.25, -0.2) is 8.42 Å². The van der Waals surface area contributed by atoms with Gasteiger partial charge in [-0.1, -0.05) is 0 Å². The van der Waals surface area contributed by atoms with Crippen molar-refractivity contribution >= 4 is 9.84 Å². The maximum atomic E-state index is 11.8. The normalized spacial score (nSPS) is 43.7. The molecule has 0 aromatic heterocycles. The van der Waals surface area contributed by atoms with Crippen molar-refractivity contribution in [2.24, 2.45) is 16.7 Å². The Bertz CT molecular complexity index is 531. The lowest BCUT2D eigenvalue weighted by Crippen LogP contribution is -2.62. The van der Waals surface area contributed by atoms with Crippen LogP contribution in [-0.4, -0.2) is 57.5 Å². The van der Waals surface area contributed by atoms with Gasteiger partial charge in [-0.05, 0) is 63.3 Å². The minimum atomic E-state index is -2.73. The first kappa shape index (κ1) is 15.4. The average molecular weight is 327 g/mol. The van der Waals surface area contributed by atoms with Crippen LogP contribution in [0.1, 0.15) is 44.9 Å². The average Bonchev–Trinajstić information content (AvgIpc) is 2.94. The summed E-state index contributed by atoms with van der Waals surface area (Å²) in [6.07, 6.45) is 8.46. The molecule has 2 spiro atoms. The molecule has 0 aromatic carbocycles. The molecular formula is C17H30N2O2S. The summed E-state index contributed by atoms with van der Waals surface area (Å²) in [5.41, 5.74) is 0.734. The molecule has 4 nitrogen and oxygen atoms in total. The van der Waals surface area contributed by atoms with Gasteiger partial charge in [0.15, 0.2) is 9.84 Å². The molecule has 0 radical (unpaired) electrons. The molecule has 0 bridgehead atoms. The molecule has 3 atom stereocenters. The first-order chi connectivity index (χ1) is 10.4. The fourth-order valence-electron chi connectivity index (χ4n) is 5.87. The van der Waals surface area contributed by atoms with Crippen LogP contribution in [0.2, 0.25) is 0 Å². The number of hydrogen-bond acceptors (Lipinski definition) is 4. The molecule has 0 amide bonds. The highest BCUT2D eigenvalue weighted by Crippen LogP contribution is 2.50. The fraction of sp³-hybridized carbons (Fsp3) is 1.00. The van der Waals surface area contributed by atoms with Gasteiger partial charge >= 0.3 is 0 Å². The Morgan fingerprint density at radius 2 is 1.91 bits per heavy atom. The van der Waals surface area contributed by atoms with E-state index in [2.05, 4.69) is 17.3 Å². The molecule has 4 aliphatic rings. The Kier molecular flexibility index (Phi) is 3.63. The third kappa shape index (κ3) is 2.84. The van der Waals surface area contributed by atoms with Gasteiger partial charge < -0.3 is 10.2 Å². The predicted molar refractivity (Wildman–Crippen MR) is 88.6 cm³/mol. The van der Waals surface area contributed by atoms with Crippen molar-refractivity contribution in [3.05, 3.63) is 0 Å². The fourth-order valence-corrected chi connectivity index (χ4v) is 8.10. The molecule has 3 aliphatic heterocycles. The van der Waals surface area contributed by atoms with Crippen LogP contribution in [0.4, 0.5) is 0 Å². The summed E-state index contributed by atoms with van der Waals surface area (Å²) in [5, 5.41) is 3.81. The summed E-state index contributed by atoms with van der Waals surface area (Å²) in [6, 6.07) is 0.676. The van der Waals surface area contributed by atoms with E-state index in [1.54, 1.807) is 0 Å². The molecule has 3 heterocycles. The van der Waals surface area contributed by atoms with E-state index < -0.39 is 9.84 Å². The molecule has 1 saturated carbocycles. The van der Waals surface area contributed by atoms with Crippen LogP contribution < -0.4 is 5.32 Å². The number of nitrogens with one attached hydrogen (secondary N) is 1. The summed E-state index contributed by atoms with van der Waals surface area (Å²) in [4.78, 5) is 2.42. The zero-order chi connectivity index (χ0) is 15.4. The van der Waals surface area contributed by atoms with Crippen LogP contribution in [0.3, 0.4) is 0 Å². The first-order valence-corrected chi connectivity index (χ1v) is 10.8. The molecule has 5 heteroatoms. The van der Waals surface area contributed by atoms with Crippen molar-refractivity contribution in [1.82, 2.24) is 10.2 Å². The summed E-state index contributed by atoms with van der Waals surface area (Å²) >= 11 is 0. The number of hydrogen-bond donors (Lipinski definition) is 1. The largest absolute Gasteiger partial charge is 0.313 e. The van der Waals surface area contributed by atoms with Gasteiger partial charge in [0.05, 0.1) is 11.5 Å². The third-order valence-corrected chi connectivity index (χ3v) is 8.77. The molecule has 126 valence electrons. The van der Waals surface area contributed by atoms with Crippen LogP contribution >= 0.6 is 0 Å². The molecule has 3 saturated heterocycles. The zero-order valence-electron chi connectivity index (χ0n) is 13.8. The lowest BCUT2D eigenvalue weighted by molar-refractivity contribution is -0.00880. The smallest absolute Gasteiger partial charge is 0.150 e. The molecule has 1 N–H and O–H groups in total. The van der Waals surface area contributed by atoms with Crippen LogP contribution in [0.5, 0.6) is 0 Å². The number of piperidine rings is 1. The number of sulfone groups is 1. The van der Waals surface area contributed by atoms with Crippen molar-refractivity contribution < 1.29 is 8.42 Å². The predicted octanol–water partition coefficient (Wildman–Crippen LogP) is 1.67. The SMILES string of the molecule is CN1CC2(CCC(CC3CCC4(CCS(=O)(=O)C4)C3)NC2)C1. The van der Waals surface area contributed by atoms with E-state index in [-0.39, 0.29) is 5.41 Å². The van der Waals surface area contributed by atoms with Crippen LogP contribution in [-0.2, 0) is 9.84 Å².